The number of benzene rings is 2. The fraction of sp³-hybridized carbons (Fsp3) is 0.375. The van der Waals surface area contributed by atoms with E-state index in [1.807, 2.05) is 26.0 Å². The first-order valence-corrected chi connectivity index (χ1v) is 13.3. The number of carbonyl (C=O) groups is 2. The highest BCUT2D eigenvalue weighted by atomic mass is 32.2. The van der Waals surface area contributed by atoms with Crippen LogP contribution in [0.25, 0.3) is 10.2 Å². The van der Waals surface area contributed by atoms with Gasteiger partial charge in [-0.1, -0.05) is 31.3 Å². The Bertz CT molecular complexity index is 1380. The summed E-state index contributed by atoms with van der Waals surface area (Å²) in [5.74, 6) is -0.938. The Morgan fingerprint density at radius 3 is 2.29 bits per heavy atom. The third kappa shape index (κ3) is 5.29. The molecule has 3 rings (SSSR count). The molecular weight excluding hydrogens is 474 g/mol. The molecule has 0 aliphatic heterocycles. The molecule has 8 nitrogen and oxygen atoms in total. The molecular formula is C24H29N3O5S2. The van der Waals surface area contributed by atoms with Gasteiger partial charge in [-0.3, -0.25) is 9.59 Å². The quantitative estimate of drug-likeness (QED) is 0.437. The first-order chi connectivity index (χ1) is 16.1. The van der Waals surface area contributed by atoms with E-state index in [0.717, 1.165) is 21.3 Å². The van der Waals surface area contributed by atoms with Crippen LogP contribution in [-0.2, 0) is 26.1 Å². The van der Waals surface area contributed by atoms with Crippen LogP contribution in [0.4, 0.5) is 0 Å². The van der Waals surface area contributed by atoms with Crippen molar-refractivity contribution in [2.24, 2.45) is 4.99 Å². The fourth-order valence-corrected chi connectivity index (χ4v) is 6.45. The molecule has 10 heteroatoms. The predicted octanol–water partition coefficient (Wildman–Crippen LogP) is 3.65. The maximum absolute atomic E-state index is 13.0. The maximum atomic E-state index is 13.0. The van der Waals surface area contributed by atoms with Crippen LogP contribution in [0.3, 0.4) is 0 Å². The second-order valence-corrected chi connectivity index (χ2v) is 10.7. The Balaban J connectivity index is 2.04. The van der Waals surface area contributed by atoms with Crippen LogP contribution in [0.2, 0.25) is 0 Å². The number of fused-ring (bicyclic) bond motifs is 1. The molecule has 1 aromatic heterocycles. The number of thiazole rings is 1. The molecule has 1 heterocycles. The van der Waals surface area contributed by atoms with Crippen LogP contribution in [-0.4, -0.2) is 48.9 Å². The summed E-state index contributed by atoms with van der Waals surface area (Å²) in [5.41, 5.74) is 3.12. The van der Waals surface area contributed by atoms with Crippen LogP contribution in [0.1, 0.15) is 42.3 Å². The van der Waals surface area contributed by atoms with Gasteiger partial charge in [0.2, 0.25) is 10.0 Å². The molecule has 0 bridgehead atoms. The number of esters is 1. The van der Waals surface area contributed by atoms with Gasteiger partial charge in [0.05, 0.1) is 21.7 Å². The van der Waals surface area contributed by atoms with Crippen LogP contribution < -0.4 is 4.80 Å². The van der Waals surface area contributed by atoms with Crippen molar-refractivity contribution in [2.45, 2.75) is 46.1 Å². The zero-order valence-electron chi connectivity index (χ0n) is 20.0. The number of aromatic nitrogens is 1. The third-order valence-corrected chi connectivity index (χ3v) is 8.44. The minimum absolute atomic E-state index is 0.0646. The molecule has 182 valence electrons. The normalized spacial score (nSPS) is 12.5. The summed E-state index contributed by atoms with van der Waals surface area (Å²) >= 11 is 1.32. The van der Waals surface area contributed by atoms with Gasteiger partial charge in [0.25, 0.3) is 5.91 Å². The first-order valence-electron chi connectivity index (χ1n) is 11.1. The molecule has 0 atom stereocenters. The number of sulfonamides is 1. The van der Waals surface area contributed by atoms with Gasteiger partial charge in [-0.15, -0.1) is 0 Å². The van der Waals surface area contributed by atoms with Crippen molar-refractivity contribution in [3.8, 4) is 0 Å². The molecule has 0 aliphatic carbocycles. The second kappa shape index (κ2) is 10.6. The lowest BCUT2D eigenvalue weighted by Crippen LogP contribution is -2.30. The SMILES string of the molecule is CCOC(=O)Cn1c(=NC(=O)c2ccc(S(=O)(=O)N(CC)CC)cc2)sc2cc(C)cc(C)c21. The van der Waals surface area contributed by atoms with E-state index in [0.29, 0.717) is 17.9 Å². The van der Waals surface area contributed by atoms with Crippen molar-refractivity contribution in [1.82, 2.24) is 8.87 Å². The van der Waals surface area contributed by atoms with E-state index < -0.39 is 21.9 Å². The summed E-state index contributed by atoms with van der Waals surface area (Å²) in [6.45, 7) is 10.1. The average Bonchev–Trinajstić information content (AvgIpc) is 3.11. The molecule has 0 N–H and O–H groups in total. The molecule has 0 radical (unpaired) electrons. The van der Waals surface area contributed by atoms with Crippen molar-refractivity contribution in [3.63, 3.8) is 0 Å². The Kier molecular flexibility index (Phi) is 8.06. The second-order valence-electron chi connectivity index (χ2n) is 7.74. The zero-order chi connectivity index (χ0) is 25.0. The zero-order valence-corrected chi connectivity index (χ0v) is 21.6. The van der Waals surface area contributed by atoms with Gasteiger partial charge in [0.15, 0.2) is 4.80 Å². The monoisotopic (exact) mass is 503 g/mol. The average molecular weight is 504 g/mol. The highest BCUT2D eigenvalue weighted by Gasteiger charge is 2.22. The van der Waals surface area contributed by atoms with Crippen molar-refractivity contribution in [2.75, 3.05) is 19.7 Å². The van der Waals surface area contributed by atoms with E-state index in [-0.39, 0.29) is 23.6 Å². The summed E-state index contributed by atoms with van der Waals surface area (Å²) in [7, 11) is -3.62. The molecule has 3 aromatic rings. The lowest BCUT2D eigenvalue weighted by Gasteiger charge is -2.18. The number of ether oxygens (including phenoxy) is 1. The Morgan fingerprint density at radius 2 is 1.71 bits per heavy atom. The molecule has 0 aliphatic rings. The number of hydrogen-bond donors (Lipinski definition) is 0. The Labute approximate surface area is 203 Å². The first kappa shape index (κ1) is 25.8. The summed E-state index contributed by atoms with van der Waals surface area (Å²) < 4.78 is 34.5. The number of hydrogen-bond acceptors (Lipinski definition) is 6. The number of rotatable bonds is 8. The summed E-state index contributed by atoms with van der Waals surface area (Å²) in [4.78, 5) is 30.0. The van der Waals surface area contributed by atoms with Crippen molar-refractivity contribution in [1.29, 1.82) is 0 Å². The van der Waals surface area contributed by atoms with Gasteiger partial charge in [-0.25, -0.2) is 8.42 Å². The van der Waals surface area contributed by atoms with Crippen LogP contribution in [0.15, 0.2) is 46.3 Å². The van der Waals surface area contributed by atoms with Crippen LogP contribution >= 0.6 is 11.3 Å². The molecule has 0 unspecified atom stereocenters. The van der Waals surface area contributed by atoms with Crippen molar-refractivity contribution in [3.05, 3.63) is 57.9 Å². The number of carbonyl (C=O) groups excluding carboxylic acids is 2. The maximum Gasteiger partial charge on any atom is 0.326 e. The van der Waals surface area contributed by atoms with E-state index in [1.165, 1.54) is 39.9 Å². The lowest BCUT2D eigenvalue weighted by atomic mass is 10.1. The van der Waals surface area contributed by atoms with Gasteiger partial charge >= 0.3 is 5.97 Å². The summed E-state index contributed by atoms with van der Waals surface area (Å²) in [6, 6.07) is 9.76. The standard InChI is InChI=1S/C24H29N3O5S2/c1-6-26(7-2)34(30,31)19-11-9-18(10-12-19)23(29)25-24-27(15-21(28)32-8-3)22-17(5)13-16(4)14-20(22)33-24/h9-14H,6-8,15H2,1-5H3. The van der Waals surface area contributed by atoms with Gasteiger partial charge in [-0.05, 0) is 62.2 Å². The van der Waals surface area contributed by atoms with Crippen LogP contribution in [0, 0.1) is 13.8 Å². The largest absolute Gasteiger partial charge is 0.465 e. The van der Waals surface area contributed by atoms with Gasteiger partial charge < -0.3 is 9.30 Å². The van der Waals surface area contributed by atoms with Crippen molar-refractivity contribution >= 4 is 43.5 Å². The lowest BCUT2D eigenvalue weighted by molar-refractivity contribution is -0.143. The van der Waals surface area contributed by atoms with E-state index in [2.05, 4.69) is 4.99 Å². The molecule has 1 amide bonds. The molecule has 0 fully saturated rings. The van der Waals surface area contributed by atoms with Gasteiger partial charge in [0.1, 0.15) is 6.54 Å². The highest BCUT2D eigenvalue weighted by Crippen LogP contribution is 2.23. The van der Waals surface area contributed by atoms with E-state index in [9.17, 15) is 18.0 Å². The van der Waals surface area contributed by atoms with Crippen LogP contribution in [0.5, 0.6) is 0 Å². The van der Waals surface area contributed by atoms with Gasteiger partial charge in [-0.2, -0.15) is 9.30 Å². The third-order valence-electron chi connectivity index (χ3n) is 5.35. The molecule has 0 saturated carbocycles. The number of aryl methyl sites for hydroxylation is 2. The van der Waals surface area contributed by atoms with E-state index in [1.54, 1.807) is 25.3 Å². The number of amides is 1. The molecule has 0 spiro atoms. The van der Waals surface area contributed by atoms with Crippen molar-refractivity contribution < 1.29 is 22.7 Å². The predicted molar refractivity (Wildman–Crippen MR) is 132 cm³/mol. The molecule has 2 aromatic carbocycles. The minimum atomic E-state index is -3.62. The van der Waals surface area contributed by atoms with E-state index in [4.69, 9.17) is 4.74 Å². The highest BCUT2D eigenvalue weighted by molar-refractivity contribution is 7.89. The number of nitrogens with zero attached hydrogens (tertiary/aromatic N) is 3. The summed E-state index contributed by atoms with van der Waals surface area (Å²) in [5, 5.41) is 0. The smallest absolute Gasteiger partial charge is 0.326 e. The summed E-state index contributed by atoms with van der Waals surface area (Å²) in [6.07, 6.45) is 0. The minimum Gasteiger partial charge on any atom is -0.465 e. The Morgan fingerprint density at radius 1 is 1.06 bits per heavy atom. The topological polar surface area (TPSA) is 98.0 Å². The fourth-order valence-electron chi connectivity index (χ4n) is 3.79. The van der Waals surface area contributed by atoms with Gasteiger partial charge in [0, 0.05) is 18.7 Å². The van der Waals surface area contributed by atoms with E-state index >= 15 is 0 Å². The molecule has 0 saturated heterocycles. The molecule has 34 heavy (non-hydrogen) atoms. The Hall–Kier alpha value is -2.82.